The van der Waals surface area contributed by atoms with Crippen molar-refractivity contribution in [3.8, 4) is 10.8 Å². The van der Waals surface area contributed by atoms with Crippen molar-refractivity contribution in [3.63, 3.8) is 0 Å². The standard InChI is InChI=1S/C9H4F3NO3S/c10-9(11,12)6-5(8(14)15)16-7(13-6)4-2-1-3-17-4/h1-3H,(H,14,15). The Balaban J connectivity index is 2.56. The summed E-state index contributed by atoms with van der Waals surface area (Å²) in [5.41, 5.74) is -1.52. The lowest BCUT2D eigenvalue weighted by Crippen LogP contribution is -2.11. The molecule has 0 aromatic carbocycles. The van der Waals surface area contributed by atoms with Crippen LogP contribution in [0.3, 0.4) is 0 Å². The highest BCUT2D eigenvalue weighted by atomic mass is 32.1. The second-order valence-corrected chi connectivity index (χ2v) is 3.92. The highest BCUT2D eigenvalue weighted by molar-refractivity contribution is 7.13. The van der Waals surface area contributed by atoms with Gasteiger partial charge in [-0.1, -0.05) is 6.07 Å². The number of thiophene rings is 1. The van der Waals surface area contributed by atoms with Crippen LogP contribution in [0, 0.1) is 0 Å². The molecule has 0 saturated carbocycles. The Bertz CT molecular complexity index is 544. The van der Waals surface area contributed by atoms with Crippen molar-refractivity contribution in [1.82, 2.24) is 4.98 Å². The third-order valence-electron chi connectivity index (χ3n) is 1.82. The van der Waals surface area contributed by atoms with E-state index in [1.54, 1.807) is 11.4 Å². The first-order chi connectivity index (χ1) is 7.89. The first-order valence-corrected chi connectivity index (χ1v) is 5.12. The van der Waals surface area contributed by atoms with Gasteiger partial charge in [-0.15, -0.1) is 11.3 Å². The number of hydrogen-bond donors (Lipinski definition) is 1. The zero-order valence-electron chi connectivity index (χ0n) is 7.99. The fourth-order valence-electron chi connectivity index (χ4n) is 1.16. The van der Waals surface area contributed by atoms with E-state index in [1.807, 2.05) is 0 Å². The molecule has 0 unspecified atom stereocenters. The molecule has 17 heavy (non-hydrogen) atoms. The van der Waals surface area contributed by atoms with Gasteiger partial charge >= 0.3 is 12.1 Å². The molecule has 0 aliphatic rings. The fourth-order valence-corrected chi connectivity index (χ4v) is 1.81. The first-order valence-electron chi connectivity index (χ1n) is 4.25. The van der Waals surface area contributed by atoms with E-state index in [4.69, 9.17) is 5.11 Å². The smallest absolute Gasteiger partial charge is 0.437 e. The predicted octanol–water partition coefficient (Wildman–Crippen LogP) is 3.12. The summed E-state index contributed by atoms with van der Waals surface area (Å²) in [5.74, 6) is -3.33. The largest absolute Gasteiger partial charge is 0.475 e. The van der Waals surface area contributed by atoms with Crippen LogP contribution in [0.2, 0.25) is 0 Å². The third-order valence-corrected chi connectivity index (χ3v) is 2.68. The molecule has 0 fully saturated rings. The summed E-state index contributed by atoms with van der Waals surface area (Å²) in [6.45, 7) is 0. The number of rotatable bonds is 2. The van der Waals surface area contributed by atoms with Gasteiger partial charge in [-0.05, 0) is 11.4 Å². The van der Waals surface area contributed by atoms with Crippen LogP contribution < -0.4 is 0 Å². The zero-order chi connectivity index (χ0) is 12.6. The van der Waals surface area contributed by atoms with E-state index < -0.39 is 23.6 Å². The topological polar surface area (TPSA) is 63.3 Å². The van der Waals surface area contributed by atoms with Crippen molar-refractivity contribution in [2.75, 3.05) is 0 Å². The number of nitrogens with zero attached hydrogens (tertiary/aromatic N) is 1. The van der Waals surface area contributed by atoms with Crippen molar-refractivity contribution in [2.45, 2.75) is 6.18 Å². The van der Waals surface area contributed by atoms with Gasteiger partial charge in [0.2, 0.25) is 11.7 Å². The molecule has 2 aromatic heterocycles. The number of aromatic carboxylic acids is 1. The second-order valence-electron chi connectivity index (χ2n) is 2.98. The molecule has 0 radical (unpaired) electrons. The molecular weight excluding hydrogens is 259 g/mol. The molecule has 1 N–H and O–H groups in total. The van der Waals surface area contributed by atoms with Crippen LogP contribution in [0.5, 0.6) is 0 Å². The van der Waals surface area contributed by atoms with E-state index in [2.05, 4.69) is 9.40 Å². The maximum Gasteiger partial charge on any atom is 0.437 e. The Morgan fingerprint density at radius 3 is 2.59 bits per heavy atom. The van der Waals surface area contributed by atoms with Crippen molar-refractivity contribution < 1.29 is 27.5 Å². The van der Waals surface area contributed by atoms with Crippen molar-refractivity contribution in [3.05, 3.63) is 29.0 Å². The van der Waals surface area contributed by atoms with Crippen LogP contribution in [0.4, 0.5) is 13.2 Å². The van der Waals surface area contributed by atoms with Crippen LogP contribution in [0.25, 0.3) is 10.8 Å². The van der Waals surface area contributed by atoms with E-state index in [0.29, 0.717) is 4.88 Å². The van der Waals surface area contributed by atoms with E-state index in [0.717, 1.165) is 11.3 Å². The number of carboxylic acid groups (broad SMARTS) is 1. The van der Waals surface area contributed by atoms with Gasteiger partial charge in [0.1, 0.15) is 0 Å². The monoisotopic (exact) mass is 263 g/mol. The van der Waals surface area contributed by atoms with E-state index in [9.17, 15) is 18.0 Å². The average molecular weight is 263 g/mol. The van der Waals surface area contributed by atoms with Gasteiger partial charge in [0.25, 0.3) is 0 Å². The molecule has 90 valence electrons. The summed E-state index contributed by atoms with van der Waals surface area (Å²) in [6.07, 6.45) is -4.85. The lowest BCUT2D eigenvalue weighted by atomic mass is 10.3. The van der Waals surface area contributed by atoms with E-state index in [1.165, 1.54) is 6.07 Å². The van der Waals surface area contributed by atoms with Crippen molar-refractivity contribution in [1.29, 1.82) is 0 Å². The Kier molecular flexibility index (Phi) is 2.66. The molecule has 2 rings (SSSR count). The summed E-state index contributed by atoms with van der Waals surface area (Å²) in [6, 6.07) is 3.08. The quantitative estimate of drug-likeness (QED) is 0.904. The number of carboxylic acids is 1. The number of halogens is 3. The normalized spacial score (nSPS) is 11.7. The molecule has 2 heterocycles. The van der Waals surface area contributed by atoms with Gasteiger partial charge in [0.15, 0.2) is 5.69 Å². The van der Waals surface area contributed by atoms with Gasteiger partial charge in [0, 0.05) is 0 Å². The van der Waals surface area contributed by atoms with Crippen LogP contribution in [0.1, 0.15) is 16.2 Å². The number of hydrogen-bond acceptors (Lipinski definition) is 4. The SMILES string of the molecule is O=C(O)c1oc(-c2cccs2)nc1C(F)(F)F. The van der Waals surface area contributed by atoms with Crippen LogP contribution in [-0.2, 0) is 6.18 Å². The number of alkyl halides is 3. The maximum absolute atomic E-state index is 12.5. The van der Waals surface area contributed by atoms with Gasteiger partial charge in [-0.2, -0.15) is 13.2 Å². The average Bonchev–Trinajstić information content (AvgIpc) is 2.85. The third kappa shape index (κ3) is 2.16. The molecule has 0 amide bonds. The second kappa shape index (κ2) is 3.88. The predicted molar refractivity (Wildman–Crippen MR) is 51.8 cm³/mol. The molecule has 0 spiro atoms. The van der Waals surface area contributed by atoms with Gasteiger partial charge in [-0.3, -0.25) is 0 Å². The molecule has 4 nitrogen and oxygen atoms in total. The molecule has 0 saturated heterocycles. The summed E-state index contributed by atoms with van der Waals surface area (Å²) >= 11 is 1.10. The zero-order valence-corrected chi connectivity index (χ0v) is 8.80. The molecule has 2 aromatic rings. The Morgan fingerprint density at radius 1 is 1.47 bits per heavy atom. The summed E-state index contributed by atoms with van der Waals surface area (Å²) in [7, 11) is 0. The van der Waals surface area contributed by atoms with Crippen molar-refractivity contribution in [2.24, 2.45) is 0 Å². The lowest BCUT2D eigenvalue weighted by Gasteiger charge is -2.00. The molecule has 8 heteroatoms. The molecule has 0 bridgehead atoms. The lowest BCUT2D eigenvalue weighted by molar-refractivity contribution is -0.141. The Labute approximate surface area is 96.3 Å². The van der Waals surface area contributed by atoms with Crippen molar-refractivity contribution >= 4 is 17.3 Å². The van der Waals surface area contributed by atoms with Gasteiger partial charge in [0.05, 0.1) is 4.88 Å². The molecular formula is C9H4F3NO3S. The highest BCUT2D eigenvalue weighted by Gasteiger charge is 2.41. The fraction of sp³-hybridized carbons (Fsp3) is 0.111. The van der Waals surface area contributed by atoms with Crippen LogP contribution in [0.15, 0.2) is 21.9 Å². The first kappa shape index (κ1) is 11.6. The summed E-state index contributed by atoms with van der Waals surface area (Å²) < 4.78 is 42.1. The van der Waals surface area contributed by atoms with Crippen LogP contribution >= 0.6 is 11.3 Å². The summed E-state index contributed by atoms with van der Waals surface area (Å²) in [4.78, 5) is 14.1. The number of carbonyl (C=O) groups is 1. The molecule has 0 aliphatic carbocycles. The minimum Gasteiger partial charge on any atom is -0.475 e. The minimum absolute atomic E-state index is 0.336. The number of oxazole rings is 1. The minimum atomic E-state index is -4.85. The Hall–Kier alpha value is -1.83. The van der Waals surface area contributed by atoms with E-state index >= 15 is 0 Å². The summed E-state index contributed by atoms with van der Waals surface area (Å²) in [5, 5.41) is 10.2. The van der Waals surface area contributed by atoms with Crippen LogP contribution in [-0.4, -0.2) is 16.1 Å². The highest BCUT2D eigenvalue weighted by Crippen LogP contribution is 2.35. The van der Waals surface area contributed by atoms with Gasteiger partial charge < -0.3 is 9.52 Å². The van der Waals surface area contributed by atoms with Gasteiger partial charge in [-0.25, -0.2) is 9.78 Å². The maximum atomic E-state index is 12.5. The molecule has 0 aliphatic heterocycles. The Morgan fingerprint density at radius 2 is 2.18 bits per heavy atom. The van der Waals surface area contributed by atoms with E-state index in [-0.39, 0.29) is 5.89 Å². The molecule has 0 atom stereocenters. The number of aromatic nitrogens is 1.